The third-order valence-electron chi connectivity index (χ3n) is 3.13. The van der Waals surface area contributed by atoms with Crippen molar-refractivity contribution in [1.29, 1.82) is 0 Å². The van der Waals surface area contributed by atoms with Gasteiger partial charge in [0.15, 0.2) is 0 Å². The van der Waals surface area contributed by atoms with E-state index in [1.165, 1.54) is 32.1 Å². The average Bonchev–Trinajstić information content (AvgIpc) is 2.27. The summed E-state index contributed by atoms with van der Waals surface area (Å²) < 4.78 is 0. The molecular weight excluding hydrogens is 206 g/mol. The zero-order valence-electron chi connectivity index (χ0n) is 9.71. The number of hydrogen-bond donors (Lipinski definition) is 2. The Hall–Kier alpha value is -1.06. The number of rotatable bonds is 1. The molecule has 1 aliphatic rings. The van der Waals surface area contributed by atoms with Gasteiger partial charge in [-0.25, -0.2) is 4.79 Å². The molecule has 0 aliphatic heterocycles. The number of nitrogens with one attached hydrogen (secondary N) is 1. The molecule has 0 atom stereocenters. The number of carbonyl (C=O) groups excluding carboxylic acids is 1. The van der Waals surface area contributed by atoms with Crippen LogP contribution < -0.4 is 5.32 Å². The number of aliphatic carboxylic acids is 1. The van der Waals surface area contributed by atoms with Crippen LogP contribution in [-0.2, 0) is 9.59 Å². The van der Waals surface area contributed by atoms with Crippen molar-refractivity contribution in [3.8, 4) is 0 Å². The number of hydrogen-bond acceptors (Lipinski definition) is 2. The van der Waals surface area contributed by atoms with E-state index in [1.54, 1.807) is 0 Å². The Kier molecular flexibility index (Phi) is 5.90. The van der Waals surface area contributed by atoms with E-state index < -0.39 is 11.9 Å². The Labute approximate surface area is 96.4 Å². The first-order valence-corrected chi connectivity index (χ1v) is 6.24. The number of amides is 1. The van der Waals surface area contributed by atoms with Crippen LogP contribution in [0, 0.1) is 0 Å². The quantitative estimate of drug-likeness (QED) is 0.674. The van der Waals surface area contributed by atoms with Crippen LogP contribution >= 0.6 is 0 Å². The van der Waals surface area contributed by atoms with Crippen LogP contribution in [0.5, 0.6) is 0 Å². The van der Waals surface area contributed by atoms with Crippen molar-refractivity contribution in [2.75, 3.05) is 0 Å². The van der Waals surface area contributed by atoms with Crippen LogP contribution in [0.15, 0.2) is 0 Å². The molecular formula is C12H21NO3. The Morgan fingerprint density at radius 3 is 1.75 bits per heavy atom. The predicted molar refractivity (Wildman–Crippen MR) is 61.1 cm³/mol. The third-order valence-corrected chi connectivity index (χ3v) is 3.13. The molecule has 16 heavy (non-hydrogen) atoms. The summed E-state index contributed by atoms with van der Waals surface area (Å²) in [7, 11) is 0. The van der Waals surface area contributed by atoms with E-state index in [-0.39, 0.29) is 6.04 Å². The summed E-state index contributed by atoms with van der Waals surface area (Å²) in [5.41, 5.74) is 0. The lowest BCUT2D eigenvalue weighted by Crippen LogP contribution is -2.39. The first kappa shape index (κ1) is 13.0. The molecule has 1 amide bonds. The summed E-state index contributed by atoms with van der Waals surface area (Å²) >= 11 is 0. The fraction of sp³-hybridized carbons (Fsp3) is 0.833. The van der Waals surface area contributed by atoms with E-state index >= 15 is 0 Å². The number of carboxylic acids is 1. The minimum absolute atomic E-state index is 0.0571. The summed E-state index contributed by atoms with van der Waals surface area (Å²) in [6.07, 6.45) is 10.2. The van der Waals surface area contributed by atoms with Gasteiger partial charge in [0, 0.05) is 6.04 Å². The molecule has 1 rings (SSSR count). The summed E-state index contributed by atoms with van der Waals surface area (Å²) in [5.74, 6) is -2.24. The summed E-state index contributed by atoms with van der Waals surface area (Å²) in [6.45, 7) is 0. The maximum atomic E-state index is 11.1. The van der Waals surface area contributed by atoms with Crippen molar-refractivity contribution >= 4 is 11.9 Å². The molecule has 0 unspecified atom stereocenters. The van der Waals surface area contributed by atoms with E-state index in [4.69, 9.17) is 5.11 Å². The van der Waals surface area contributed by atoms with Gasteiger partial charge in [-0.3, -0.25) is 4.79 Å². The van der Waals surface area contributed by atoms with Gasteiger partial charge < -0.3 is 10.4 Å². The van der Waals surface area contributed by atoms with Crippen LogP contribution in [-0.4, -0.2) is 23.0 Å². The fourth-order valence-electron chi connectivity index (χ4n) is 2.20. The van der Waals surface area contributed by atoms with E-state index in [9.17, 15) is 9.59 Å². The molecule has 0 aromatic rings. The molecule has 0 spiro atoms. The van der Waals surface area contributed by atoms with Crippen molar-refractivity contribution in [3.05, 3.63) is 0 Å². The van der Waals surface area contributed by atoms with Crippen LogP contribution in [0.1, 0.15) is 57.8 Å². The lowest BCUT2D eigenvalue weighted by Gasteiger charge is -2.18. The van der Waals surface area contributed by atoms with Gasteiger partial charge in [0.1, 0.15) is 0 Å². The Morgan fingerprint density at radius 2 is 1.31 bits per heavy atom. The largest absolute Gasteiger partial charge is 0.474 e. The minimum atomic E-state index is -1.38. The second-order valence-electron chi connectivity index (χ2n) is 4.53. The van der Waals surface area contributed by atoms with Crippen LogP contribution in [0.4, 0.5) is 0 Å². The molecule has 1 saturated carbocycles. The van der Waals surface area contributed by atoms with Gasteiger partial charge in [0.2, 0.25) is 0 Å². The molecule has 1 aliphatic carbocycles. The molecule has 0 bridgehead atoms. The van der Waals surface area contributed by atoms with Gasteiger partial charge in [-0.2, -0.15) is 0 Å². The van der Waals surface area contributed by atoms with Crippen LogP contribution in [0.3, 0.4) is 0 Å². The highest BCUT2D eigenvalue weighted by Gasteiger charge is 2.17. The van der Waals surface area contributed by atoms with E-state index in [2.05, 4.69) is 5.32 Å². The molecule has 1 fully saturated rings. The van der Waals surface area contributed by atoms with Crippen LogP contribution in [0.2, 0.25) is 0 Å². The maximum absolute atomic E-state index is 11.1. The zero-order chi connectivity index (χ0) is 11.8. The molecule has 0 radical (unpaired) electrons. The minimum Gasteiger partial charge on any atom is -0.474 e. The molecule has 4 heteroatoms. The third kappa shape index (κ3) is 5.14. The SMILES string of the molecule is O=C(O)C(=O)NC1CCCCCCCCC1. The monoisotopic (exact) mass is 227 g/mol. The van der Waals surface area contributed by atoms with Gasteiger partial charge >= 0.3 is 11.9 Å². The van der Waals surface area contributed by atoms with Crippen molar-refractivity contribution < 1.29 is 14.7 Å². The Balaban J connectivity index is 2.35. The Bertz CT molecular complexity index is 230. The zero-order valence-corrected chi connectivity index (χ0v) is 9.71. The fourth-order valence-corrected chi connectivity index (χ4v) is 2.20. The maximum Gasteiger partial charge on any atom is 0.394 e. The Morgan fingerprint density at radius 1 is 0.875 bits per heavy atom. The first-order chi connectivity index (χ1) is 7.70. The highest BCUT2D eigenvalue weighted by Crippen LogP contribution is 2.16. The lowest BCUT2D eigenvalue weighted by molar-refractivity contribution is -0.150. The van der Waals surface area contributed by atoms with E-state index in [0.29, 0.717) is 0 Å². The van der Waals surface area contributed by atoms with Crippen LogP contribution in [0.25, 0.3) is 0 Å². The van der Waals surface area contributed by atoms with E-state index in [1.807, 2.05) is 0 Å². The summed E-state index contributed by atoms with van der Waals surface area (Å²) in [5, 5.41) is 11.1. The van der Waals surface area contributed by atoms with Gasteiger partial charge in [-0.15, -0.1) is 0 Å². The second-order valence-corrected chi connectivity index (χ2v) is 4.53. The lowest BCUT2D eigenvalue weighted by atomic mass is 9.97. The van der Waals surface area contributed by atoms with E-state index in [0.717, 1.165) is 25.7 Å². The van der Waals surface area contributed by atoms with Crippen molar-refractivity contribution in [3.63, 3.8) is 0 Å². The molecule has 92 valence electrons. The standard InChI is InChI=1S/C12H21NO3/c14-11(12(15)16)13-10-8-6-4-2-1-3-5-7-9-10/h10H,1-9H2,(H,13,14)(H,15,16). The topological polar surface area (TPSA) is 66.4 Å². The summed E-state index contributed by atoms with van der Waals surface area (Å²) in [6, 6.07) is 0.0571. The van der Waals surface area contributed by atoms with Gasteiger partial charge in [0.05, 0.1) is 0 Å². The average molecular weight is 227 g/mol. The molecule has 2 N–H and O–H groups in total. The van der Waals surface area contributed by atoms with Gasteiger partial charge in [0.25, 0.3) is 0 Å². The van der Waals surface area contributed by atoms with Crippen molar-refractivity contribution in [1.82, 2.24) is 5.32 Å². The summed E-state index contributed by atoms with van der Waals surface area (Å²) in [4.78, 5) is 21.5. The number of carboxylic acid groups (broad SMARTS) is 1. The van der Waals surface area contributed by atoms with Crippen molar-refractivity contribution in [2.45, 2.75) is 63.8 Å². The normalized spacial score (nSPS) is 20.0. The molecule has 0 aromatic carbocycles. The van der Waals surface area contributed by atoms with Gasteiger partial charge in [-0.05, 0) is 12.8 Å². The molecule has 0 aromatic heterocycles. The highest BCUT2D eigenvalue weighted by molar-refractivity contribution is 6.31. The smallest absolute Gasteiger partial charge is 0.394 e. The van der Waals surface area contributed by atoms with Crippen molar-refractivity contribution in [2.24, 2.45) is 0 Å². The number of carbonyl (C=O) groups is 2. The second kappa shape index (κ2) is 7.25. The highest BCUT2D eigenvalue weighted by atomic mass is 16.4. The molecule has 4 nitrogen and oxygen atoms in total. The molecule has 0 heterocycles. The predicted octanol–water partition coefficient (Wildman–Crippen LogP) is 2.08. The van der Waals surface area contributed by atoms with Gasteiger partial charge in [-0.1, -0.05) is 44.9 Å². The molecule has 0 saturated heterocycles. The first-order valence-electron chi connectivity index (χ1n) is 6.24.